The van der Waals surface area contributed by atoms with Gasteiger partial charge >= 0.3 is 13.8 Å². The first-order valence-corrected chi connectivity index (χ1v) is 7.52. The monoisotopic (exact) mass is 311 g/mol. The standard InChI is InChI=1S/C12H17F3NO3P/c1-10-4-6-11(7-5-10)16(2)9-20(17,18-3)19-8-12(13,14)15/h4-7H,8-9H2,1-3H3. The molecule has 1 aromatic carbocycles. The maximum atomic E-state index is 12.1. The molecule has 0 aliphatic heterocycles. The van der Waals surface area contributed by atoms with E-state index in [4.69, 9.17) is 0 Å². The lowest BCUT2D eigenvalue weighted by Gasteiger charge is -2.25. The molecule has 0 bridgehead atoms. The van der Waals surface area contributed by atoms with Crippen LogP contribution < -0.4 is 4.90 Å². The number of halogens is 3. The highest BCUT2D eigenvalue weighted by molar-refractivity contribution is 7.53. The number of alkyl halides is 3. The summed E-state index contributed by atoms with van der Waals surface area (Å²) in [4.78, 5) is 1.53. The van der Waals surface area contributed by atoms with E-state index in [2.05, 4.69) is 9.05 Å². The van der Waals surface area contributed by atoms with E-state index in [1.54, 1.807) is 19.2 Å². The van der Waals surface area contributed by atoms with Gasteiger partial charge in [-0.1, -0.05) is 17.7 Å². The average Bonchev–Trinajstić information content (AvgIpc) is 2.36. The highest BCUT2D eigenvalue weighted by Gasteiger charge is 2.34. The molecule has 0 radical (unpaired) electrons. The summed E-state index contributed by atoms with van der Waals surface area (Å²) in [6.07, 6.45) is -4.81. The van der Waals surface area contributed by atoms with Gasteiger partial charge in [0.15, 0.2) is 6.61 Å². The number of hydrogen-bond donors (Lipinski definition) is 0. The molecule has 0 amide bonds. The summed E-state index contributed by atoms with van der Waals surface area (Å²) in [6.45, 7) is 0.316. The summed E-state index contributed by atoms with van der Waals surface area (Å²) in [6, 6.07) is 7.25. The predicted molar refractivity (Wildman–Crippen MR) is 71.1 cm³/mol. The van der Waals surface area contributed by atoms with E-state index < -0.39 is 20.4 Å². The third-order valence-corrected chi connectivity index (χ3v) is 4.41. The number of nitrogens with zero attached hydrogens (tertiary/aromatic N) is 1. The van der Waals surface area contributed by atoms with E-state index in [-0.39, 0.29) is 6.29 Å². The molecule has 4 nitrogen and oxygen atoms in total. The second-order valence-electron chi connectivity index (χ2n) is 4.36. The van der Waals surface area contributed by atoms with Crippen LogP contribution in [0.15, 0.2) is 24.3 Å². The third-order valence-electron chi connectivity index (χ3n) is 2.56. The largest absolute Gasteiger partial charge is 0.412 e. The highest BCUT2D eigenvalue weighted by Crippen LogP contribution is 2.49. The van der Waals surface area contributed by atoms with Gasteiger partial charge in [0.25, 0.3) is 0 Å². The van der Waals surface area contributed by atoms with E-state index in [0.717, 1.165) is 12.7 Å². The van der Waals surface area contributed by atoms with Crippen LogP contribution in [-0.4, -0.2) is 33.2 Å². The molecule has 1 aromatic rings. The summed E-state index contributed by atoms with van der Waals surface area (Å²) in [5, 5.41) is 0. The van der Waals surface area contributed by atoms with Gasteiger partial charge in [-0.25, -0.2) is 0 Å². The molecule has 0 fully saturated rings. The van der Waals surface area contributed by atoms with Gasteiger partial charge in [-0.15, -0.1) is 0 Å². The molecule has 1 unspecified atom stereocenters. The lowest BCUT2D eigenvalue weighted by Crippen LogP contribution is -2.23. The second-order valence-corrected chi connectivity index (χ2v) is 6.49. The van der Waals surface area contributed by atoms with Crippen LogP contribution in [0.3, 0.4) is 0 Å². The molecular weight excluding hydrogens is 294 g/mol. The minimum absolute atomic E-state index is 0.261. The summed E-state index contributed by atoms with van der Waals surface area (Å²) in [5.74, 6) is 0. The van der Waals surface area contributed by atoms with Crippen LogP contribution in [0.5, 0.6) is 0 Å². The molecule has 0 aliphatic carbocycles. The van der Waals surface area contributed by atoms with Crippen LogP contribution in [-0.2, 0) is 13.6 Å². The first-order valence-electron chi connectivity index (χ1n) is 5.79. The van der Waals surface area contributed by atoms with Crippen molar-refractivity contribution < 1.29 is 26.8 Å². The van der Waals surface area contributed by atoms with Gasteiger partial charge in [-0.3, -0.25) is 9.09 Å². The van der Waals surface area contributed by atoms with Crippen molar-refractivity contribution in [3.8, 4) is 0 Å². The maximum absolute atomic E-state index is 12.1. The zero-order valence-corrected chi connectivity index (χ0v) is 12.4. The normalized spacial score (nSPS) is 14.9. The van der Waals surface area contributed by atoms with E-state index in [0.29, 0.717) is 5.69 Å². The Morgan fingerprint density at radius 1 is 1.25 bits per heavy atom. The molecule has 1 rings (SSSR count). The van der Waals surface area contributed by atoms with Gasteiger partial charge in [-0.05, 0) is 19.1 Å². The van der Waals surface area contributed by atoms with E-state index in [9.17, 15) is 17.7 Å². The Kier molecular flexibility index (Phi) is 5.62. The van der Waals surface area contributed by atoms with Crippen molar-refractivity contribution in [2.24, 2.45) is 0 Å². The molecule has 0 heterocycles. The fourth-order valence-electron chi connectivity index (χ4n) is 1.46. The smallest absolute Gasteiger partial charge is 0.363 e. The van der Waals surface area contributed by atoms with Gasteiger partial charge in [0, 0.05) is 19.8 Å². The second kappa shape index (κ2) is 6.61. The molecule has 114 valence electrons. The molecule has 0 aromatic heterocycles. The highest BCUT2D eigenvalue weighted by atomic mass is 31.2. The zero-order chi connectivity index (χ0) is 15.4. The van der Waals surface area contributed by atoms with Crippen molar-refractivity contribution in [1.29, 1.82) is 0 Å². The zero-order valence-electron chi connectivity index (χ0n) is 11.5. The molecule has 8 heteroatoms. The molecule has 1 atom stereocenters. The van der Waals surface area contributed by atoms with Gasteiger partial charge in [0.2, 0.25) is 0 Å². The Labute approximate surface area is 116 Å². The van der Waals surface area contributed by atoms with Crippen molar-refractivity contribution in [1.82, 2.24) is 0 Å². The van der Waals surface area contributed by atoms with Gasteiger partial charge in [0.1, 0.15) is 6.29 Å². The fourth-order valence-corrected chi connectivity index (χ4v) is 2.79. The van der Waals surface area contributed by atoms with Crippen LogP contribution in [0.25, 0.3) is 0 Å². The Morgan fingerprint density at radius 2 is 1.80 bits per heavy atom. The maximum Gasteiger partial charge on any atom is 0.412 e. The van der Waals surface area contributed by atoms with Gasteiger partial charge < -0.3 is 9.42 Å². The number of aryl methyl sites for hydroxylation is 1. The van der Waals surface area contributed by atoms with Crippen molar-refractivity contribution in [2.45, 2.75) is 13.1 Å². The number of rotatable bonds is 6. The number of hydrogen-bond acceptors (Lipinski definition) is 4. The third kappa shape index (κ3) is 5.53. The minimum atomic E-state index is -4.55. The number of benzene rings is 1. The summed E-state index contributed by atoms with van der Waals surface area (Å²) in [7, 11) is -1.15. The Hall–Kier alpha value is -1.04. The van der Waals surface area contributed by atoms with E-state index in [1.165, 1.54) is 4.90 Å². The summed E-state index contributed by atoms with van der Waals surface area (Å²) in [5.41, 5.74) is 1.76. The van der Waals surface area contributed by atoms with Crippen LogP contribution in [0.4, 0.5) is 18.9 Å². The Morgan fingerprint density at radius 3 is 2.25 bits per heavy atom. The summed E-state index contributed by atoms with van der Waals surface area (Å²) >= 11 is 0. The fraction of sp³-hybridized carbons (Fsp3) is 0.500. The van der Waals surface area contributed by atoms with Crippen molar-refractivity contribution >= 4 is 13.3 Å². The molecule has 0 N–H and O–H groups in total. The quantitative estimate of drug-likeness (QED) is 0.749. The summed E-state index contributed by atoms with van der Waals surface area (Å²) < 4.78 is 57.5. The molecule has 20 heavy (non-hydrogen) atoms. The molecule has 0 saturated carbocycles. The van der Waals surface area contributed by atoms with E-state index in [1.807, 2.05) is 19.1 Å². The topological polar surface area (TPSA) is 38.8 Å². The molecular formula is C12H17F3NO3P. The average molecular weight is 311 g/mol. The van der Waals surface area contributed by atoms with Crippen LogP contribution in [0, 0.1) is 6.92 Å². The van der Waals surface area contributed by atoms with Crippen LogP contribution in [0.1, 0.15) is 5.56 Å². The first kappa shape index (κ1) is 17.0. The predicted octanol–water partition coefficient (Wildman–Crippen LogP) is 3.81. The van der Waals surface area contributed by atoms with Crippen molar-refractivity contribution in [2.75, 3.05) is 32.0 Å². The number of anilines is 1. The molecule has 0 spiro atoms. The lowest BCUT2D eigenvalue weighted by atomic mass is 10.2. The SMILES string of the molecule is COP(=O)(CN(C)c1ccc(C)cc1)OCC(F)(F)F. The first-order chi connectivity index (χ1) is 9.15. The van der Waals surface area contributed by atoms with Crippen LogP contribution >= 0.6 is 7.60 Å². The molecule has 0 aliphatic rings. The Balaban J connectivity index is 2.71. The van der Waals surface area contributed by atoms with E-state index >= 15 is 0 Å². The molecule has 0 saturated heterocycles. The minimum Gasteiger partial charge on any atom is -0.363 e. The van der Waals surface area contributed by atoms with Gasteiger partial charge in [0.05, 0.1) is 0 Å². The Bertz CT molecular complexity index is 476. The van der Waals surface area contributed by atoms with Crippen molar-refractivity contribution in [3.05, 3.63) is 29.8 Å². The lowest BCUT2D eigenvalue weighted by molar-refractivity contribution is -0.155. The van der Waals surface area contributed by atoms with Gasteiger partial charge in [-0.2, -0.15) is 13.2 Å². The van der Waals surface area contributed by atoms with Crippen LogP contribution in [0.2, 0.25) is 0 Å². The van der Waals surface area contributed by atoms with Crippen molar-refractivity contribution in [3.63, 3.8) is 0 Å².